The maximum atomic E-state index is 12.1. The van der Waals surface area contributed by atoms with Crippen LogP contribution in [0.25, 0.3) is 0 Å². The van der Waals surface area contributed by atoms with Gasteiger partial charge >= 0.3 is 0 Å². The smallest absolute Gasteiger partial charge is 0.273 e. The van der Waals surface area contributed by atoms with Crippen LogP contribution in [-0.2, 0) is 15.8 Å². The van der Waals surface area contributed by atoms with E-state index < -0.39 is 14.9 Å². The van der Waals surface area contributed by atoms with Crippen molar-refractivity contribution in [3.8, 4) is 0 Å². The molecular formula is C15H23N3O4S. The van der Waals surface area contributed by atoms with Crippen LogP contribution < -0.4 is 4.72 Å². The molecule has 1 aromatic carbocycles. The van der Waals surface area contributed by atoms with E-state index >= 15 is 0 Å². The highest BCUT2D eigenvalue weighted by atomic mass is 32.2. The molecule has 8 heteroatoms. The number of unbranched alkanes of at least 4 members (excludes halogenated alkanes) is 1. The van der Waals surface area contributed by atoms with E-state index in [4.69, 9.17) is 0 Å². The van der Waals surface area contributed by atoms with Crippen LogP contribution in [0.3, 0.4) is 0 Å². The van der Waals surface area contributed by atoms with Crippen molar-refractivity contribution >= 4 is 15.7 Å². The Morgan fingerprint density at radius 3 is 2.57 bits per heavy atom. The molecule has 0 saturated carbocycles. The number of nitrogens with one attached hydrogen (secondary N) is 1. The van der Waals surface area contributed by atoms with Gasteiger partial charge in [0.1, 0.15) is 0 Å². The van der Waals surface area contributed by atoms with Crippen LogP contribution >= 0.6 is 0 Å². The Balaban J connectivity index is 1.77. The molecule has 1 aromatic rings. The van der Waals surface area contributed by atoms with E-state index in [1.54, 1.807) is 6.07 Å². The molecule has 1 saturated heterocycles. The van der Waals surface area contributed by atoms with Gasteiger partial charge in [-0.05, 0) is 45.3 Å². The lowest BCUT2D eigenvalue weighted by atomic mass is 10.2. The van der Waals surface area contributed by atoms with Gasteiger partial charge in [-0.25, -0.2) is 13.1 Å². The number of likely N-dealkylation sites (tertiary alicyclic amines) is 1. The fourth-order valence-electron chi connectivity index (χ4n) is 2.76. The average Bonchev–Trinajstić information content (AvgIpc) is 3.00. The second kappa shape index (κ2) is 8.37. The lowest BCUT2D eigenvalue weighted by Gasteiger charge is -2.14. The van der Waals surface area contributed by atoms with Crippen LogP contribution in [0.15, 0.2) is 24.3 Å². The predicted octanol–water partition coefficient (Wildman–Crippen LogP) is 1.89. The van der Waals surface area contributed by atoms with Crippen LogP contribution in [0, 0.1) is 10.1 Å². The zero-order chi connectivity index (χ0) is 16.7. The first-order valence-corrected chi connectivity index (χ1v) is 9.55. The number of para-hydroxylation sites is 1. The first kappa shape index (κ1) is 17.8. The molecule has 1 N–H and O–H groups in total. The molecule has 23 heavy (non-hydrogen) atoms. The molecule has 1 aliphatic heterocycles. The molecule has 2 rings (SSSR count). The van der Waals surface area contributed by atoms with Crippen molar-refractivity contribution < 1.29 is 13.3 Å². The summed E-state index contributed by atoms with van der Waals surface area (Å²) in [7, 11) is -3.56. The largest absolute Gasteiger partial charge is 0.303 e. The molecule has 0 spiro atoms. The minimum Gasteiger partial charge on any atom is -0.303 e. The van der Waals surface area contributed by atoms with Crippen molar-refractivity contribution in [2.45, 2.75) is 31.4 Å². The number of sulfonamides is 1. The van der Waals surface area contributed by atoms with Crippen molar-refractivity contribution in [3.63, 3.8) is 0 Å². The Kier molecular flexibility index (Phi) is 6.49. The van der Waals surface area contributed by atoms with Gasteiger partial charge in [-0.15, -0.1) is 0 Å². The number of hydrogen-bond acceptors (Lipinski definition) is 5. The van der Waals surface area contributed by atoms with Gasteiger partial charge in [-0.3, -0.25) is 10.1 Å². The fourth-order valence-corrected chi connectivity index (χ4v) is 3.97. The van der Waals surface area contributed by atoms with Crippen LogP contribution in [0.2, 0.25) is 0 Å². The van der Waals surface area contributed by atoms with Crippen molar-refractivity contribution in [2.75, 3.05) is 26.2 Å². The topological polar surface area (TPSA) is 92.5 Å². The number of hydrogen-bond donors (Lipinski definition) is 1. The predicted molar refractivity (Wildman–Crippen MR) is 88.6 cm³/mol. The summed E-state index contributed by atoms with van der Waals surface area (Å²) < 4.78 is 26.6. The zero-order valence-corrected chi connectivity index (χ0v) is 13.9. The first-order chi connectivity index (χ1) is 11.0. The third-order valence-corrected chi connectivity index (χ3v) is 5.29. The molecule has 0 unspecified atom stereocenters. The molecule has 7 nitrogen and oxygen atoms in total. The molecule has 1 aliphatic rings. The third-order valence-electron chi connectivity index (χ3n) is 3.96. The normalized spacial score (nSPS) is 15.8. The molecule has 0 atom stereocenters. The summed E-state index contributed by atoms with van der Waals surface area (Å²) in [4.78, 5) is 12.8. The highest BCUT2D eigenvalue weighted by Crippen LogP contribution is 2.19. The Morgan fingerprint density at radius 1 is 1.17 bits per heavy atom. The Morgan fingerprint density at radius 2 is 1.87 bits per heavy atom. The summed E-state index contributed by atoms with van der Waals surface area (Å²) in [5.74, 6) is -0.365. The molecule has 1 heterocycles. The van der Waals surface area contributed by atoms with E-state index in [0.717, 1.165) is 32.5 Å². The van der Waals surface area contributed by atoms with Crippen LogP contribution in [0.4, 0.5) is 5.69 Å². The van der Waals surface area contributed by atoms with E-state index in [9.17, 15) is 18.5 Å². The summed E-state index contributed by atoms with van der Waals surface area (Å²) in [6.45, 7) is 3.66. The van der Waals surface area contributed by atoms with E-state index in [1.165, 1.54) is 31.0 Å². The highest BCUT2D eigenvalue weighted by Gasteiger charge is 2.19. The van der Waals surface area contributed by atoms with Crippen LogP contribution in [0.1, 0.15) is 31.2 Å². The summed E-state index contributed by atoms with van der Waals surface area (Å²) in [5, 5.41) is 10.9. The number of rotatable bonds is 9. The summed E-state index contributed by atoms with van der Waals surface area (Å²) in [5.41, 5.74) is 0.0500. The number of nitro groups is 1. The summed E-state index contributed by atoms with van der Waals surface area (Å²) >= 11 is 0. The van der Waals surface area contributed by atoms with Crippen molar-refractivity contribution in [2.24, 2.45) is 0 Å². The van der Waals surface area contributed by atoms with Crippen molar-refractivity contribution in [1.82, 2.24) is 9.62 Å². The van der Waals surface area contributed by atoms with Crippen molar-refractivity contribution in [1.29, 1.82) is 0 Å². The summed E-state index contributed by atoms with van der Waals surface area (Å²) in [6, 6.07) is 5.93. The van der Waals surface area contributed by atoms with Gasteiger partial charge in [0, 0.05) is 18.2 Å². The minimum atomic E-state index is -3.56. The van der Waals surface area contributed by atoms with Crippen LogP contribution in [-0.4, -0.2) is 44.4 Å². The monoisotopic (exact) mass is 341 g/mol. The highest BCUT2D eigenvalue weighted by molar-refractivity contribution is 7.88. The van der Waals surface area contributed by atoms with E-state index in [2.05, 4.69) is 9.62 Å². The Labute approximate surface area is 136 Å². The number of benzene rings is 1. The zero-order valence-electron chi connectivity index (χ0n) is 13.1. The number of nitro benzene ring substituents is 1. The summed E-state index contributed by atoms with van der Waals surface area (Å²) in [6.07, 6.45) is 4.23. The van der Waals surface area contributed by atoms with Crippen molar-refractivity contribution in [3.05, 3.63) is 39.9 Å². The van der Waals surface area contributed by atoms with Gasteiger partial charge < -0.3 is 4.90 Å². The second-order valence-corrected chi connectivity index (χ2v) is 7.60. The molecule has 0 aromatic heterocycles. The van der Waals surface area contributed by atoms with Gasteiger partial charge in [0.15, 0.2) is 0 Å². The maximum absolute atomic E-state index is 12.1. The average molecular weight is 341 g/mol. The van der Waals surface area contributed by atoms with Gasteiger partial charge in [0.05, 0.1) is 10.7 Å². The van der Waals surface area contributed by atoms with Gasteiger partial charge in [-0.1, -0.05) is 18.2 Å². The minimum absolute atomic E-state index is 0.160. The Bertz CT molecular complexity index is 627. The van der Waals surface area contributed by atoms with Gasteiger partial charge in [-0.2, -0.15) is 0 Å². The maximum Gasteiger partial charge on any atom is 0.273 e. The lowest BCUT2D eigenvalue weighted by molar-refractivity contribution is -0.385. The molecule has 0 amide bonds. The Hall–Kier alpha value is -1.51. The van der Waals surface area contributed by atoms with E-state index in [-0.39, 0.29) is 17.0 Å². The lowest BCUT2D eigenvalue weighted by Crippen LogP contribution is -2.27. The standard InChI is InChI=1S/C15H23N3O4S/c19-18(20)15-8-2-1-7-14(15)13-23(21,22)16-9-3-4-10-17-11-5-6-12-17/h1-2,7-8,16H,3-6,9-13H2. The van der Waals surface area contributed by atoms with Crippen LogP contribution in [0.5, 0.6) is 0 Å². The molecule has 128 valence electrons. The first-order valence-electron chi connectivity index (χ1n) is 7.90. The fraction of sp³-hybridized carbons (Fsp3) is 0.600. The van der Waals surface area contributed by atoms with Gasteiger partial charge in [0.2, 0.25) is 10.0 Å². The third kappa shape index (κ3) is 5.89. The van der Waals surface area contributed by atoms with Gasteiger partial charge in [0.25, 0.3) is 5.69 Å². The molecule has 0 bridgehead atoms. The van der Waals surface area contributed by atoms with E-state index in [1.807, 2.05) is 0 Å². The quantitative estimate of drug-likeness (QED) is 0.421. The molecular weight excluding hydrogens is 318 g/mol. The second-order valence-electron chi connectivity index (χ2n) is 5.80. The SMILES string of the molecule is O=[N+]([O-])c1ccccc1CS(=O)(=O)NCCCCN1CCCC1. The molecule has 0 radical (unpaired) electrons. The molecule has 0 aliphatic carbocycles. The van der Waals surface area contributed by atoms with E-state index in [0.29, 0.717) is 6.54 Å². The molecule has 1 fully saturated rings. The number of nitrogens with zero attached hydrogens (tertiary/aromatic N) is 2.